The molecule has 5 nitrogen and oxygen atoms in total. The highest BCUT2D eigenvalue weighted by Gasteiger charge is 2.07. The minimum atomic E-state index is -0.213. The molecule has 0 amide bonds. The van der Waals surface area contributed by atoms with Gasteiger partial charge in [-0.05, 0) is 37.0 Å². The SMILES string of the molecule is CCNC(=NCc1cc(C(C)C)no1)NCCc1ccc(F)cc1. The molecule has 0 radical (unpaired) electrons. The lowest BCUT2D eigenvalue weighted by Gasteiger charge is -2.10. The van der Waals surface area contributed by atoms with E-state index < -0.39 is 0 Å². The van der Waals surface area contributed by atoms with Gasteiger partial charge in [0.2, 0.25) is 0 Å². The zero-order valence-corrected chi connectivity index (χ0v) is 14.5. The monoisotopic (exact) mass is 332 g/mol. The first-order valence-electron chi connectivity index (χ1n) is 8.30. The Hall–Kier alpha value is -2.37. The highest BCUT2D eigenvalue weighted by Crippen LogP contribution is 2.14. The Balaban J connectivity index is 1.86. The Labute approximate surface area is 142 Å². The van der Waals surface area contributed by atoms with Crippen LogP contribution in [0.4, 0.5) is 4.39 Å². The number of nitrogens with zero attached hydrogens (tertiary/aromatic N) is 2. The van der Waals surface area contributed by atoms with Gasteiger partial charge in [0.25, 0.3) is 0 Å². The van der Waals surface area contributed by atoms with Gasteiger partial charge < -0.3 is 15.2 Å². The fourth-order valence-electron chi connectivity index (χ4n) is 2.15. The summed E-state index contributed by atoms with van der Waals surface area (Å²) in [5.41, 5.74) is 2.02. The number of benzene rings is 1. The normalized spacial score (nSPS) is 11.8. The Kier molecular flexibility index (Phi) is 6.78. The largest absolute Gasteiger partial charge is 0.359 e. The molecule has 0 saturated heterocycles. The minimum absolute atomic E-state index is 0.213. The summed E-state index contributed by atoms with van der Waals surface area (Å²) in [4.78, 5) is 4.50. The van der Waals surface area contributed by atoms with Gasteiger partial charge in [-0.15, -0.1) is 0 Å². The zero-order valence-electron chi connectivity index (χ0n) is 14.5. The fourth-order valence-corrected chi connectivity index (χ4v) is 2.15. The summed E-state index contributed by atoms with van der Waals surface area (Å²) in [6.07, 6.45) is 0.796. The maximum Gasteiger partial charge on any atom is 0.191 e. The smallest absolute Gasteiger partial charge is 0.191 e. The molecule has 0 unspecified atom stereocenters. The van der Waals surface area contributed by atoms with E-state index in [1.807, 2.05) is 13.0 Å². The highest BCUT2D eigenvalue weighted by molar-refractivity contribution is 5.79. The van der Waals surface area contributed by atoms with Crippen molar-refractivity contribution in [1.82, 2.24) is 15.8 Å². The Morgan fingerprint density at radius 1 is 1.25 bits per heavy atom. The van der Waals surface area contributed by atoms with E-state index in [4.69, 9.17) is 4.52 Å². The van der Waals surface area contributed by atoms with Crippen LogP contribution in [0.15, 0.2) is 39.8 Å². The van der Waals surface area contributed by atoms with Gasteiger partial charge in [-0.3, -0.25) is 0 Å². The third-order valence-corrected chi connectivity index (χ3v) is 3.53. The first kappa shape index (κ1) is 18.0. The van der Waals surface area contributed by atoms with Crippen molar-refractivity contribution in [1.29, 1.82) is 0 Å². The molecule has 130 valence electrons. The average Bonchev–Trinajstić information content (AvgIpc) is 3.04. The molecule has 0 bridgehead atoms. The number of hydrogen-bond donors (Lipinski definition) is 2. The van der Waals surface area contributed by atoms with Crippen molar-refractivity contribution >= 4 is 5.96 Å². The van der Waals surface area contributed by atoms with Crippen LogP contribution in [0.25, 0.3) is 0 Å². The molecule has 1 aromatic carbocycles. The number of halogens is 1. The summed E-state index contributed by atoms with van der Waals surface area (Å²) in [6.45, 7) is 8.09. The van der Waals surface area contributed by atoms with Crippen LogP contribution >= 0.6 is 0 Å². The van der Waals surface area contributed by atoms with Crippen molar-refractivity contribution < 1.29 is 8.91 Å². The highest BCUT2D eigenvalue weighted by atomic mass is 19.1. The quantitative estimate of drug-likeness (QED) is 0.603. The summed E-state index contributed by atoms with van der Waals surface area (Å²) in [7, 11) is 0. The topological polar surface area (TPSA) is 62.5 Å². The van der Waals surface area contributed by atoms with Gasteiger partial charge in [-0.1, -0.05) is 31.1 Å². The molecule has 2 rings (SSSR count). The third-order valence-electron chi connectivity index (χ3n) is 3.53. The van der Waals surface area contributed by atoms with Crippen LogP contribution in [-0.4, -0.2) is 24.2 Å². The predicted molar refractivity (Wildman–Crippen MR) is 93.5 cm³/mol. The second-order valence-corrected chi connectivity index (χ2v) is 5.87. The molecule has 0 fully saturated rings. The van der Waals surface area contributed by atoms with Crippen LogP contribution in [0.5, 0.6) is 0 Å². The summed E-state index contributed by atoms with van der Waals surface area (Å²) < 4.78 is 18.2. The maximum absolute atomic E-state index is 12.9. The van der Waals surface area contributed by atoms with Gasteiger partial charge in [0, 0.05) is 19.2 Å². The molecule has 1 heterocycles. The molecule has 2 aromatic rings. The van der Waals surface area contributed by atoms with Crippen LogP contribution in [0.3, 0.4) is 0 Å². The van der Waals surface area contributed by atoms with E-state index >= 15 is 0 Å². The number of hydrogen-bond acceptors (Lipinski definition) is 3. The molecule has 0 spiro atoms. The summed E-state index contributed by atoms with van der Waals surface area (Å²) in [6, 6.07) is 8.48. The summed E-state index contributed by atoms with van der Waals surface area (Å²) in [5.74, 6) is 1.60. The van der Waals surface area contributed by atoms with Crippen LogP contribution in [0.2, 0.25) is 0 Å². The Bertz CT molecular complexity index is 649. The van der Waals surface area contributed by atoms with Crippen LogP contribution < -0.4 is 10.6 Å². The minimum Gasteiger partial charge on any atom is -0.359 e. The molecule has 1 aromatic heterocycles. The lowest BCUT2D eigenvalue weighted by Crippen LogP contribution is -2.38. The molecule has 6 heteroatoms. The van der Waals surface area contributed by atoms with Crippen molar-refractivity contribution in [3.05, 3.63) is 53.2 Å². The van der Waals surface area contributed by atoms with E-state index in [0.717, 1.165) is 35.9 Å². The van der Waals surface area contributed by atoms with Crippen molar-refractivity contribution in [3.8, 4) is 0 Å². The van der Waals surface area contributed by atoms with Gasteiger partial charge in [0.15, 0.2) is 11.7 Å². The van der Waals surface area contributed by atoms with E-state index in [-0.39, 0.29) is 5.82 Å². The van der Waals surface area contributed by atoms with E-state index in [1.54, 1.807) is 12.1 Å². The number of guanidine groups is 1. The molecule has 24 heavy (non-hydrogen) atoms. The van der Waals surface area contributed by atoms with Crippen LogP contribution in [0.1, 0.15) is 43.7 Å². The molecule has 0 atom stereocenters. The fraction of sp³-hybridized carbons (Fsp3) is 0.444. The van der Waals surface area contributed by atoms with Gasteiger partial charge >= 0.3 is 0 Å². The van der Waals surface area contributed by atoms with Crippen LogP contribution in [0, 0.1) is 5.82 Å². The van der Waals surface area contributed by atoms with Crippen LogP contribution in [-0.2, 0) is 13.0 Å². The maximum atomic E-state index is 12.9. The second kappa shape index (κ2) is 9.05. The number of aromatic nitrogens is 1. The van der Waals surface area contributed by atoms with E-state index in [9.17, 15) is 4.39 Å². The van der Waals surface area contributed by atoms with Gasteiger partial charge in [-0.25, -0.2) is 9.38 Å². The molecule has 0 aliphatic heterocycles. The van der Waals surface area contributed by atoms with Gasteiger partial charge in [0.05, 0.1) is 5.69 Å². The van der Waals surface area contributed by atoms with E-state index in [2.05, 4.69) is 34.6 Å². The third kappa shape index (κ3) is 5.68. The van der Waals surface area contributed by atoms with Gasteiger partial charge in [-0.2, -0.15) is 0 Å². The summed E-state index contributed by atoms with van der Waals surface area (Å²) >= 11 is 0. The summed E-state index contributed by atoms with van der Waals surface area (Å²) in [5, 5.41) is 10.5. The van der Waals surface area contributed by atoms with Gasteiger partial charge in [0.1, 0.15) is 12.4 Å². The molecular weight excluding hydrogens is 307 g/mol. The first-order chi connectivity index (χ1) is 11.6. The molecule has 0 aliphatic carbocycles. The van der Waals surface area contributed by atoms with Crippen molar-refractivity contribution in [2.75, 3.05) is 13.1 Å². The molecular formula is C18H25FN4O. The molecule has 0 aliphatic rings. The lowest BCUT2D eigenvalue weighted by atomic mass is 10.1. The Morgan fingerprint density at radius 2 is 2.00 bits per heavy atom. The second-order valence-electron chi connectivity index (χ2n) is 5.87. The standard InChI is InChI=1S/C18H25FN4O/c1-4-20-18(21-10-9-14-5-7-15(19)8-6-14)22-12-16-11-17(13(2)3)23-24-16/h5-8,11,13H,4,9-10,12H2,1-3H3,(H2,20,21,22). The first-order valence-corrected chi connectivity index (χ1v) is 8.30. The Morgan fingerprint density at radius 3 is 2.62 bits per heavy atom. The molecule has 0 saturated carbocycles. The van der Waals surface area contributed by atoms with Crippen molar-refractivity contribution in [2.24, 2.45) is 4.99 Å². The number of nitrogens with one attached hydrogen (secondary N) is 2. The number of rotatable bonds is 7. The lowest BCUT2D eigenvalue weighted by molar-refractivity contribution is 0.376. The van der Waals surface area contributed by atoms with E-state index in [0.29, 0.717) is 19.0 Å². The molecule has 2 N–H and O–H groups in total. The van der Waals surface area contributed by atoms with E-state index in [1.165, 1.54) is 12.1 Å². The van der Waals surface area contributed by atoms with Crippen molar-refractivity contribution in [2.45, 2.75) is 39.7 Å². The zero-order chi connectivity index (χ0) is 17.4. The predicted octanol–water partition coefficient (Wildman–Crippen LogP) is 3.23. The van der Waals surface area contributed by atoms with Crippen molar-refractivity contribution in [3.63, 3.8) is 0 Å². The number of aliphatic imine (C=N–C) groups is 1. The average molecular weight is 332 g/mol.